The summed E-state index contributed by atoms with van der Waals surface area (Å²) in [5.41, 5.74) is 4.30. The second-order valence-corrected chi connectivity index (χ2v) is 6.10. The molecule has 1 atom stereocenters. The first-order valence-corrected chi connectivity index (χ1v) is 8.49. The number of carbonyl (C=O) groups is 1. The molecule has 0 aliphatic heterocycles. The van der Waals surface area contributed by atoms with Crippen LogP contribution in [0.1, 0.15) is 44.2 Å². The van der Waals surface area contributed by atoms with Crippen LogP contribution in [-0.2, 0) is 4.79 Å². The van der Waals surface area contributed by atoms with Crippen molar-refractivity contribution in [2.45, 2.75) is 33.1 Å². The van der Waals surface area contributed by atoms with Gasteiger partial charge in [-0.05, 0) is 55.2 Å². The van der Waals surface area contributed by atoms with Crippen LogP contribution in [-0.4, -0.2) is 28.4 Å². The predicted octanol–water partition coefficient (Wildman–Crippen LogP) is 3.53. The zero-order valence-electron chi connectivity index (χ0n) is 15.2. The minimum absolute atomic E-state index is 0.00264. The first-order chi connectivity index (χ1) is 12.4. The van der Waals surface area contributed by atoms with Crippen LogP contribution >= 0.6 is 0 Å². The Kier molecular flexibility index (Phi) is 6.60. The molecule has 0 aliphatic rings. The van der Waals surface area contributed by atoms with Crippen molar-refractivity contribution in [1.29, 1.82) is 0 Å². The van der Waals surface area contributed by atoms with E-state index in [1.165, 1.54) is 23.8 Å². The molecule has 0 aliphatic carbocycles. The van der Waals surface area contributed by atoms with Crippen LogP contribution in [0.15, 0.2) is 47.6 Å². The first kappa shape index (κ1) is 19.3. The van der Waals surface area contributed by atoms with Gasteiger partial charge in [0.2, 0.25) is 0 Å². The van der Waals surface area contributed by atoms with E-state index in [0.717, 1.165) is 6.42 Å². The minimum atomic E-state index is -0.421. The molecule has 0 aromatic heterocycles. The zero-order chi connectivity index (χ0) is 19.1. The number of carbonyl (C=O) groups excluding carboxylic acids is 1. The van der Waals surface area contributed by atoms with Crippen molar-refractivity contribution >= 4 is 11.6 Å². The Morgan fingerprint density at radius 1 is 1.19 bits per heavy atom. The molecule has 0 fully saturated rings. The monoisotopic (exact) mass is 356 g/mol. The number of ether oxygens (including phenoxy) is 1. The van der Waals surface area contributed by atoms with Gasteiger partial charge in [-0.25, -0.2) is 5.43 Å². The maximum absolute atomic E-state index is 11.9. The molecule has 6 nitrogen and oxygen atoms in total. The number of nitrogens with zero attached hydrogens (tertiary/aromatic N) is 1. The molecule has 1 amide bonds. The lowest BCUT2D eigenvalue weighted by Gasteiger charge is -2.10. The molecule has 0 bridgehead atoms. The summed E-state index contributed by atoms with van der Waals surface area (Å²) in [5, 5.41) is 23.2. The van der Waals surface area contributed by atoms with Crippen LogP contribution in [0.5, 0.6) is 17.2 Å². The Labute approximate surface area is 153 Å². The maximum atomic E-state index is 11.9. The number of hydrazone groups is 1. The second kappa shape index (κ2) is 8.89. The van der Waals surface area contributed by atoms with Gasteiger partial charge in [-0.15, -0.1) is 0 Å². The highest BCUT2D eigenvalue weighted by Crippen LogP contribution is 2.23. The van der Waals surface area contributed by atoms with Crippen LogP contribution < -0.4 is 10.2 Å². The Hall–Kier alpha value is -3.02. The van der Waals surface area contributed by atoms with Crippen molar-refractivity contribution in [3.63, 3.8) is 0 Å². The molecule has 0 heterocycles. The molecule has 0 saturated carbocycles. The Morgan fingerprint density at radius 2 is 1.88 bits per heavy atom. The molecule has 0 saturated heterocycles. The van der Waals surface area contributed by atoms with Crippen LogP contribution in [0.3, 0.4) is 0 Å². The number of benzene rings is 2. The van der Waals surface area contributed by atoms with Crippen molar-refractivity contribution in [3.8, 4) is 17.2 Å². The average Bonchev–Trinajstić information content (AvgIpc) is 2.66. The maximum Gasteiger partial charge on any atom is 0.277 e. The summed E-state index contributed by atoms with van der Waals surface area (Å²) in [6.45, 7) is 5.74. The van der Waals surface area contributed by atoms with E-state index in [9.17, 15) is 15.0 Å². The van der Waals surface area contributed by atoms with Gasteiger partial charge in [0.25, 0.3) is 5.91 Å². The lowest BCUT2D eigenvalue weighted by molar-refractivity contribution is -0.123. The number of hydrogen-bond donors (Lipinski definition) is 3. The van der Waals surface area contributed by atoms with Gasteiger partial charge < -0.3 is 14.9 Å². The van der Waals surface area contributed by atoms with E-state index in [2.05, 4.69) is 24.4 Å². The smallest absolute Gasteiger partial charge is 0.277 e. The first-order valence-electron chi connectivity index (χ1n) is 8.49. The number of phenols is 2. The number of phenolic OH excluding ortho intramolecular Hbond substituents is 2. The average molecular weight is 356 g/mol. The Bertz CT molecular complexity index is 785. The lowest BCUT2D eigenvalue weighted by atomic mass is 9.99. The van der Waals surface area contributed by atoms with E-state index >= 15 is 0 Å². The van der Waals surface area contributed by atoms with Crippen molar-refractivity contribution < 1.29 is 19.7 Å². The van der Waals surface area contributed by atoms with Crippen molar-refractivity contribution in [2.24, 2.45) is 5.10 Å². The molecule has 2 aromatic rings. The molecule has 6 heteroatoms. The summed E-state index contributed by atoms with van der Waals surface area (Å²) < 4.78 is 5.45. The van der Waals surface area contributed by atoms with E-state index in [1.807, 2.05) is 24.3 Å². The van der Waals surface area contributed by atoms with Gasteiger partial charge in [0, 0.05) is 5.56 Å². The number of hydrogen-bond acceptors (Lipinski definition) is 5. The summed E-state index contributed by atoms with van der Waals surface area (Å²) in [6.07, 6.45) is 1.06. The molecule has 0 spiro atoms. The van der Waals surface area contributed by atoms with Gasteiger partial charge in [-0.2, -0.15) is 5.10 Å². The standard InChI is InChI=1S/C20H24N2O4/c1-4-13(2)15-5-8-17(9-6-15)26-12-20(25)22-21-14(3)18-11-16(23)7-10-19(18)24/h5-11,13,23-24H,4,12H2,1-3H3,(H,22,25)/b21-14-. The zero-order valence-corrected chi connectivity index (χ0v) is 15.2. The summed E-state index contributed by atoms with van der Waals surface area (Å²) in [6, 6.07) is 11.8. The summed E-state index contributed by atoms with van der Waals surface area (Å²) in [5.74, 6) is 0.644. The van der Waals surface area contributed by atoms with Crippen LogP contribution in [0.4, 0.5) is 0 Å². The SMILES string of the molecule is CCC(C)c1ccc(OCC(=O)N/N=C(/C)c2cc(O)ccc2O)cc1. The van der Waals surface area contributed by atoms with Gasteiger partial charge >= 0.3 is 0 Å². The Morgan fingerprint density at radius 3 is 2.54 bits per heavy atom. The quantitative estimate of drug-likeness (QED) is 0.402. The van der Waals surface area contributed by atoms with Gasteiger partial charge in [0.15, 0.2) is 6.61 Å². The molecule has 0 radical (unpaired) electrons. The molecule has 138 valence electrons. The third-order valence-corrected chi connectivity index (χ3v) is 4.15. The van der Waals surface area contributed by atoms with Gasteiger partial charge in [-0.1, -0.05) is 26.0 Å². The number of amides is 1. The van der Waals surface area contributed by atoms with E-state index in [-0.39, 0.29) is 18.1 Å². The molecule has 2 aromatic carbocycles. The largest absolute Gasteiger partial charge is 0.508 e. The van der Waals surface area contributed by atoms with Gasteiger partial charge in [-0.3, -0.25) is 4.79 Å². The van der Waals surface area contributed by atoms with Crippen LogP contribution in [0.25, 0.3) is 0 Å². The van der Waals surface area contributed by atoms with Crippen molar-refractivity contribution in [1.82, 2.24) is 5.43 Å². The molecular weight excluding hydrogens is 332 g/mol. The third-order valence-electron chi connectivity index (χ3n) is 4.15. The fraction of sp³-hybridized carbons (Fsp3) is 0.300. The highest BCUT2D eigenvalue weighted by Gasteiger charge is 2.08. The summed E-state index contributed by atoms with van der Waals surface area (Å²) >= 11 is 0. The number of rotatable bonds is 7. The fourth-order valence-corrected chi connectivity index (χ4v) is 2.33. The van der Waals surface area contributed by atoms with E-state index in [1.54, 1.807) is 6.92 Å². The number of nitrogens with one attached hydrogen (secondary N) is 1. The second-order valence-electron chi connectivity index (χ2n) is 6.10. The Balaban J connectivity index is 1.89. The fourth-order valence-electron chi connectivity index (χ4n) is 2.33. The van der Waals surface area contributed by atoms with E-state index < -0.39 is 5.91 Å². The van der Waals surface area contributed by atoms with Crippen LogP contribution in [0.2, 0.25) is 0 Å². The summed E-state index contributed by atoms with van der Waals surface area (Å²) in [4.78, 5) is 11.9. The summed E-state index contributed by atoms with van der Waals surface area (Å²) in [7, 11) is 0. The van der Waals surface area contributed by atoms with E-state index in [4.69, 9.17) is 4.74 Å². The highest BCUT2D eigenvalue weighted by atomic mass is 16.5. The van der Waals surface area contributed by atoms with Crippen LogP contribution in [0, 0.1) is 0 Å². The molecule has 26 heavy (non-hydrogen) atoms. The van der Waals surface area contributed by atoms with Gasteiger partial charge in [0.1, 0.15) is 17.2 Å². The van der Waals surface area contributed by atoms with Gasteiger partial charge in [0.05, 0.1) is 5.71 Å². The normalized spacial score (nSPS) is 12.5. The molecule has 2 rings (SSSR count). The molecular formula is C20H24N2O4. The highest BCUT2D eigenvalue weighted by molar-refractivity contribution is 6.01. The van der Waals surface area contributed by atoms with E-state index in [0.29, 0.717) is 22.9 Å². The lowest BCUT2D eigenvalue weighted by Crippen LogP contribution is -2.25. The predicted molar refractivity (Wildman–Crippen MR) is 101 cm³/mol. The topological polar surface area (TPSA) is 91.2 Å². The molecule has 3 N–H and O–H groups in total. The minimum Gasteiger partial charge on any atom is -0.508 e. The number of aromatic hydroxyl groups is 2. The van der Waals surface area contributed by atoms with Crippen molar-refractivity contribution in [3.05, 3.63) is 53.6 Å². The third kappa shape index (κ3) is 5.24. The molecule has 1 unspecified atom stereocenters. The van der Waals surface area contributed by atoms with Crippen molar-refractivity contribution in [2.75, 3.05) is 6.61 Å².